The lowest BCUT2D eigenvalue weighted by molar-refractivity contribution is -0.152. The van der Waals surface area contributed by atoms with E-state index in [9.17, 15) is 18.0 Å². The number of alkyl halides is 3. The van der Waals surface area contributed by atoms with Gasteiger partial charge in [0.1, 0.15) is 6.04 Å². The molecule has 4 nitrogen and oxygen atoms in total. The van der Waals surface area contributed by atoms with E-state index >= 15 is 0 Å². The van der Waals surface area contributed by atoms with Crippen molar-refractivity contribution in [1.29, 1.82) is 0 Å². The molecular formula is C9H17F3N2O2. The summed E-state index contributed by atoms with van der Waals surface area (Å²) < 4.78 is 40.9. The molecule has 0 heterocycles. The quantitative estimate of drug-likeness (QED) is 0.694. The highest BCUT2D eigenvalue weighted by Gasteiger charge is 2.32. The van der Waals surface area contributed by atoms with Crippen LogP contribution in [0.4, 0.5) is 13.2 Å². The van der Waals surface area contributed by atoms with Gasteiger partial charge in [-0.3, -0.25) is 9.69 Å². The summed E-state index contributed by atoms with van der Waals surface area (Å²) in [5, 5.41) is 2.62. The third kappa shape index (κ3) is 5.92. The molecule has 0 rings (SSSR count). The Labute approximate surface area is 92.7 Å². The summed E-state index contributed by atoms with van der Waals surface area (Å²) in [4.78, 5) is 12.3. The van der Waals surface area contributed by atoms with Gasteiger partial charge in [0.15, 0.2) is 0 Å². The van der Waals surface area contributed by atoms with Crippen molar-refractivity contribution in [3.05, 3.63) is 0 Å². The van der Waals surface area contributed by atoms with E-state index < -0.39 is 24.7 Å². The molecule has 96 valence electrons. The second-order valence-electron chi connectivity index (χ2n) is 3.31. The highest BCUT2D eigenvalue weighted by atomic mass is 19.4. The van der Waals surface area contributed by atoms with E-state index in [1.807, 2.05) is 0 Å². The summed E-state index contributed by atoms with van der Waals surface area (Å²) in [5.74, 6) is -0.567. The van der Waals surface area contributed by atoms with Crippen LogP contribution in [-0.2, 0) is 9.53 Å². The summed E-state index contributed by atoms with van der Waals surface area (Å²) in [6.45, 7) is 0.766. The Morgan fingerprint density at radius 2 is 2.06 bits per heavy atom. The first-order valence-electron chi connectivity index (χ1n) is 4.88. The molecule has 0 saturated carbocycles. The van der Waals surface area contributed by atoms with Gasteiger partial charge in [-0.05, 0) is 13.6 Å². The summed E-state index contributed by atoms with van der Waals surface area (Å²) in [6.07, 6.45) is -4.26. The van der Waals surface area contributed by atoms with Gasteiger partial charge in [0.25, 0.3) is 0 Å². The highest BCUT2D eigenvalue weighted by Crippen LogP contribution is 2.16. The lowest BCUT2D eigenvalue weighted by atomic mass is 10.2. The number of carbonyl (C=O) groups excluding carboxylic acids is 1. The van der Waals surface area contributed by atoms with Gasteiger partial charge in [0, 0.05) is 6.54 Å². The van der Waals surface area contributed by atoms with Gasteiger partial charge >= 0.3 is 12.1 Å². The number of hydrogen-bond acceptors (Lipinski definition) is 4. The standard InChI is InChI=1S/C9H17F3N2O2/c1-4-14(6-9(10,11)12)5-7(13-2)8(15)16-3/h7,13H,4-6H2,1-3H3. The number of methoxy groups -OCH3 is 1. The fourth-order valence-corrected chi connectivity index (χ4v) is 1.24. The van der Waals surface area contributed by atoms with E-state index in [0.717, 1.165) is 4.90 Å². The van der Waals surface area contributed by atoms with Crippen molar-refractivity contribution in [2.45, 2.75) is 19.1 Å². The zero-order valence-electron chi connectivity index (χ0n) is 9.60. The maximum atomic E-state index is 12.2. The lowest BCUT2D eigenvalue weighted by Gasteiger charge is -2.25. The average molecular weight is 242 g/mol. The molecule has 0 aliphatic carbocycles. The zero-order valence-corrected chi connectivity index (χ0v) is 9.60. The van der Waals surface area contributed by atoms with Crippen molar-refractivity contribution in [3.63, 3.8) is 0 Å². The van der Waals surface area contributed by atoms with Crippen LogP contribution in [0, 0.1) is 0 Å². The number of carbonyl (C=O) groups is 1. The third-order valence-corrected chi connectivity index (χ3v) is 2.13. The van der Waals surface area contributed by atoms with E-state index in [0.29, 0.717) is 0 Å². The maximum absolute atomic E-state index is 12.2. The maximum Gasteiger partial charge on any atom is 0.401 e. The van der Waals surface area contributed by atoms with Gasteiger partial charge in [-0.1, -0.05) is 6.92 Å². The number of halogens is 3. The van der Waals surface area contributed by atoms with Crippen LogP contribution in [-0.4, -0.2) is 56.9 Å². The molecular weight excluding hydrogens is 225 g/mol. The van der Waals surface area contributed by atoms with Gasteiger partial charge in [-0.2, -0.15) is 13.2 Å². The van der Waals surface area contributed by atoms with Crippen LogP contribution in [0.25, 0.3) is 0 Å². The molecule has 0 aromatic carbocycles. The average Bonchev–Trinajstić information content (AvgIpc) is 2.21. The van der Waals surface area contributed by atoms with Crippen LogP contribution in [0.3, 0.4) is 0 Å². The summed E-state index contributed by atoms with van der Waals surface area (Å²) >= 11 is 0. The number of likely N-dealkylation sites (N-methyl/N-ethyl adjacent to an activating group) is 2. The molecule has 0 amide bonds. The smallest absolute Gasteiger partial charge is 0.401 e. The predicted molar refractivity (Wildman–Crippen MR) is 53.0 cm³/mol. The molecule has 0 fully saturated rings. The summed E-state index contributed by atoms with van der Waals surface area (Å²) in [5.41, 5.74) is 0. The molecule has 16 heavy (non-hydrogen) atoms. The molecule has 0 aliphatic heterocycles. The van der Waals surface area contributed by atoms with Crippen molar-refractivity contribution in [3.8, 4) is 0 Å². The fraction of sp³-hybridized carbons (Fsp3) is 0.889. The molecule has 0 saturated heterocycles. The monoisotopic (exact) mass is 242 g/mol. The molecule has 1 N–H and O–H groups in total. The molecule has 0 aliphatic rings. The number of nitrogens with one attached hydrogen (secondary N) is 1. The first kappa shape index (κ1) is 15.2. The molecule has 0 aromatic rings. The fourth-order valence-electron chi connectivity index (χ4n) is 1.24. The molecule has 0 radical (unpaired) electrons. The van der Waals surface area contributed by atoms with Gasteiger partial charge in [-0.25, -0.2) is 0 Å². The van der Waals surface area contributed by atoms with E-state index in [2.05, 4.69) is 10.1 Å². The minimum atomic E-state index is -4.26. The second-order valence-corrected chi connectivity index (χ2v) is 3.31. The van der Waals surface area contributed by atoms with Crippen molar-refractivity contribution in [1.82, 2.24) is 10.2 Å². The largest absolute Gasteiger partial charge is 0.468 e. The number of esters is 1. The van der Waals surface area contributed by atoms with Gasteiger partial charge in [0.2, 0.25) is 0 Å². The number of rotatable bonds is 6. The predicted octanol–water partition coefficient (Wildman–Crippen LogP) is 0.632. The van der Waals surface area contributed by atoms with Crippen LogP contribution in [0.1, 0.15) is 6.92 Å². The van der Waals surface area contributed by atoms with Crippen LogP contribution >= 0.6 is 0 Å². The highest BCUT2D eigenvalue weighted by molar-refractivity contribution is 5.75. The number of ether oxygens (including phenoxy) is 1. The Morgan fingerprint density at radius 1 is 1.50 bits per heavy atom. The first-order chi connectivity index (χ1) is 7.34. The topological polar surface area (TPSA) is 41.6 Å². The van der Waals surface area contributed by atoms with Crippen molar-refractivity contribution >= 4 is 5.97 Å². The molecule has 0 aromatic heterocycles. The van der Waals surface area contributed by atoms with Crippen molar-refractivity contribution in [2.75, 3.05) is 33.8 Å². The van der Waals surface area contributed by atoms with Gasteiger partial charge in [0.05, 0.1) is 13.7 Å². The van der Waals surface area contributed by atoms with Crippen LogP contribution in [0.15, 0.2) is 0 Å². The van der Waals surface area contributed by atoms with Gasteiger partial charge < -0.3 is 10.1 Å². The Hall–Kier alpha value is -0.820. The minimum absolute atomic E-state index is 0.0286. The van der Waals surface area contributed by atoms with E-state index in [1.54, 1.807) is 6.92 Å². The number of hydrogen-bond donors (Lipinski definition) is 1. The van der Waals surface area contributed by atoms with Crippen LogP contribution in [0.2, 0.25) is 0 Å². The first-order valence-corrected chi connectivity index (χ1v) is 4.88. The van der Waals surface area contributed by atoms with Crippen molar-refractivity contribution < 1.29 is 22.7 Å². The number of nitrogens with zero attached hydrogens (tertiary/aromatic N) is 1. The Morgan fingerprint density at radius 3 is 2.38 bits per heavy atom. The molecule has 0 spiro atoms. The Kier molecular flexibility index (Phi) is 6.35. The molecule has 1 atom stereocenters. The minimum Gasteiger partial charge on any atom is -0.468 e. The third-order valence-electron chi connectivity index (χ3n) is 2.13. The van der Waals surface area contributed by atoms with Gasteiger partial charge in [-0.15, -0.1) is 0 Å². The van der Waals surface area contributed by atoms with E-state index in [-0.39, 0.29) is 13.1 Å². The summed E-state index contributed by atoms with van der Waals surface area (Å²) in [7, 11) is 2.70. The van der Waals surface area contributed by atoms with Crippen LogP contribution in [0.5, 0.6) is 0 Å². The summed E-state index contributed by atoms with van der Waals surface area (Å²) in [6, 6.07) is -0.743. The molecule has 7 heteroatoms. The SMILES string of the molecule is CCN(CC(NC)C(=O)OC)CC(F)(F)F. The van der Waals surface area contributed by atoms with E-state index in [4.69, 9.17) is 0 Å². The Balaban J connectivity index is 4.33. The Bertz CT molecular complexity index is 221. The van der Waals surface area contributed by atoms with E-state index in [1.165, 1.54) is 14.2 Å². The molecule has 1 unspecified atom stereocenters. The van der Waals surface area contributed by atoms with Crippen molar-refractivity contribution in [2.24, 2.45) is 0 Å². The molecule has 0 bridgehead atoms. The zero-order chi connectivity index (χ0) is 12.8. The second kappa shape index (κ2) is 6.70. The lowest BCUT2D eigenvalue weighted by Crippen LogP contribution is -2.47. The normalized spacial score (nSPS) is 13.9. The van der Waals surface area contributed by atoms with Crippen LogP contribution < -0.4 is 5.32 Å².